The Morgan fingerprint density at radius 3 is 2.85 bits per heavy atom. The van der Waals surface area contributed by atoms with Crippen LogP contribution >= 0.6 is 0 Å². The van der Waals surface area contributed by atoms with Gasteiger partial charge in [0.15, 0.2) is 5.79 Å². The van der Waals surface area contributed by atoms with Gasteiger partial charge in [0.05, 0.1) is 17.0 Å². The molecule has 0 radical (unpaired) electrons. The number of ether oxygens (including phenoxy) is 3. The molecule has 1 aliphatic heterocycles. The summed E-state index contributed by atoms with van der Waals surface area (Å²) in [5.74, 6) is 0.559. The summed E-state index contributed by atoms with van der Waals surface area (Å²) in [5, 5.41) is 15.1. The van der Waals surface area contributed by atoms with Crippen molar-refractivity contribution in [2.24, 2.45) is 0 Å². The highest BCUT2D eigenvalue weighted by atomic mass is 16.7. The van der Waals surface area contributed by atoms with Crippen LogP contribution in [0.1, 0.15) is 26.5 Å². The molecular formula is C24H28N6O4. The normalized spacial score (nSPS) is 20.8. The fourth-order valence-electron chi connectivity index (χ4n) is 4.24. The van der Waals surface area contributed by atoms with E-state index in [2.05, 4.69) is 20.3 Å². The van der Waals surface area contributed by atoms with Crippen LogP contribution in [0.25, 0.3) is 21.9 Å². The van der Waals surface area contributed by atoms with Crippen LogP contribution in [0.15, 0.2) is 48.9 Å². The molecule has 0 unspecified atom stereocenters. The Balaban J connectivity index is 1.36. The first kappa shape index (κ1) is 22.3. The first-order chi connectivity index (χ1) is 16.3. The predicted octanol–water partition coefficient (Wildman–Crippen LogP) is 3.08. The molecule has 0 spiro atoms. The van der Waals surface area contributed by atoms with Crippen molar-refractivity contribution >= 4 is 33.6 Å². The molecule has 1 fully saturated rings. The van der Waals surface area contributed by atoms with Crippen molar-refractivity contribution in [1.29, 1.82) is 0 Å². The summed E-state index contributed by atoms with van der Waals surface area (Å²) >= 11 is 0. The zero-order valence-electron chi connectivity index (χ0n) is 19.3. The molecule has 0 aliphatic carbocycles. The number of aliphatic hydroxyl groups is 1. The molecule has 1 aromatic carbocycles. The molecule has 0 saturated carbocycles. The van der Waals surface area contributed by atoms with E-state index in [-0.39, 0.29) is 12.8 Å². The van der Waals surface area contributed by atoms with E-state index >= 15 is 0 Å². The van der Waals surface area contributed by atoms with Crippen molar-refractivity contribution in [1.82, 2.24) is 19.5 Å². The minimum absolute atomic E-state index is 0.241. The fraction of sp³-hybridized carbons (Fsp3) is 0.375. The smallest absolute Gasteiger partial charge is 0.160 e. The van der Waals surface area contributed by atoms with Crippen LogP contribution in [-0.4, -0.2) is 56.3 Å². The van der Waals surface area contributed by atoms with Crippen LogP contribution in [0, 0.1) is 0 Å². The molecule has 4 N–H and O–H groups in total. The van der Waals surface area contributed by atoms with Crippen LogP contribution in [0.4, 0.5) is 11.6 Å². The SMILES string of the molecule is CNc1ccc2ccc(OC[C@H]3O[C@@H](n4ccc5c(N)ncnc54)C[C@@H]3OC(C)(C)O)cc2n1. The maximum absolute atomic E-state index is 10.3. The third kappa shape index (κ3) is 4.47. The highest BCUT2D eigenvalue weighted by Gasteiger charge is 2.40. The third-order valence-electron chi connectivity index (χ3n) is 5.80. The van der Waals surface area contributed by atoms with Gasteiger partial charge >= 0.3 is 0 Å². The summed E-state index contributed by atoms with van der Waals surface area (Å²) in [6.07, 6.45) is 2.65. The molecule has 10 heteroatoms. The zero-order chi connectivity index (χ0) is 23.9. The molecule has 0 bridgehead atoms. The molecule has 34 heavy (non-hydrogen) atoms. The van der Waals surface area contributed by atoms with Crippen molar-refractivity contribution in [3.05, 3.63) is 48.9 Å². The summed E-state index contributed by atoms with van der Waals surface area (Å²) in [7, 11) is 1.83. The lowest BCUT2D eigenvalue weighted by Gasteiger charge is -2.26. The van der Waals surface area contributed by atoms with Crippen LogP contribution in [0.3, 0.4) is 0 Å². The number of nitrogens with one attached hydrogen (secondary N) is 1. The summed E-state index contributed by atoms with van der Waals surface area (Å²) in [4.78, 5) is 13.0. The van der Waals surface area contributed by atoms with Crippen molar-refractivity contribution in [3.63, 3.8) is 0 Å². The molecule has 3 atom stereocenters. The minimum atomic E-state index is -1.32. The number of benzene rings is 1. The van der Waals surface area contributed by atoms with Gasteiger partial charge in [-0.05, 0) is 44.2 Å². The van der Waals surface area contributed by atoms with E-state index in [1.165, 1.54) is 6.33 Å². The summed E-state index contributed by atoms with van der Waals surface area (Å²) in [5.41, 5.74) is 7.49. The van der Waals surface area contributed by atoms with Crippen molar-refractivity contribution < 1.29 is 19.3 Å². The lowest BCUT2D eigenvalue weighted by atomic mass is 10.1. The molecule has 1 aliphatic rings. The maximum atomic E-state index is 10.3. The van der Waals surface area contributed by atoms with E-state index < -0.39 is 18.0 Å². The van der Waals surface area contributed by atoms with E-state index in [9.17, 15) is 5.11 Å². The van der Waals surface area contributed by atoms with E-state index in [0.717, 1.165) is 22.1 Å². The topological polar surface area (TPSA) is 130 Å². The van der Waals surface area contributed by atoms with Gasteiger partial charge in [-0.25, -0.2) is 15.0 Å². The molecular weight excluding hydrogens is 436 g/mol. The second kappa shape index (κ2) is 8.71. The van der Waals surface area contributed by atoms with Gasteiger partial charge in [-0.15, -0.1) is 0 Å². The largest absolute Gasteiger partial charge is 0.491 e. The van der Waals surface area contributed by atoms with Crippen LogP contribution in [0.5, 0.6) is 5.75 Å². The Labute approximate surface area is 196 Å². The number of hydrogen-bond acceptors (Lipinski definition) is 9. The van der Waals surface area contributed by atoms with Crippen molar-refractivity contribution in [2.75, 3.05) is 24.7 Å². The van der Waals surface area contributed by atoms with Gasteiger partial charge in [0.25, 0.3) is 0 Å². The highest BCUT2D eigenvalue weighted by molar-refractivity contribution is 5.86. The lowest BCUT2D eigenvalue weighted by molar-refractivity contribution is -0.216. The summed E-state index contributed by atoms with van der Waals surface area (Å²) in [6.45, 7) is 3.45. The first-order valence-electron chi connectivity index (χ1n) is 11.1. The van der Waals surface area contributed by atoms with Gasteiger partial charge in [-0.1, -0.05) is 0 Å². The van der Waals surface area contributed by atoms with E-state index in [4.69, 9.17) is 19.9 Å². The number of nitrogen functional groups attached to an aromatic ring is 1. The van der Waals surface area contributed by atoms with Crippen molar-refractivity contribution in [3.8, 4) is 5.75 Å². The number of nitrogens with zero attached hydrogens (tertiary/aromatic N) is 4. The number of hydrogen-bond donors (Lipinski definition) is 3. The Bertz CT molecular complexity index is 1320. The molecule has 5 rings (SSSR count). The fourth-order valence-corrected chi connectivity index (χ4v) is 4.24. The van der Waals surface area contributed by atoms with Gasteiger partial charge in [0.1, 0.15) is 48.3 Å². The quantitative estimate of drug-likeness (QED) is 0.353. The van der Waals surface area contributed by atoms with Crippen LogP contribution < -0.4 is 15.8 Å². The van der Waals surface area contributed by atoms with Gasteiger partial charge < -0.3 is 34.9 Å². The second-order valence-electron chi connectivity index (χ2n) is 8.80. The van der Waals surface area contributed by atoms with E-state index in [0.29, 0.717) is 23.6 Å². The van der Waals surface area contributed by atoms with E-state index in [1.54, 1.807) is 13.8 Å². The van der Waals surface area contributed by atoms with Crippen molar-refractivity contribution in [2.45, 2.75) is 44.5 Å². The maximum Gasteiger partial charge on any atom is 0.160 e. The third-order valence-corrected chi connectivity index (χ3v) is 5.80. The minimum Gasteiger partial charge on any atom is -0.491 e. The molecule has 3 aromatic heterocycles. The highest BCUT2D eigenvalue weighted by Crippen LogP contribution is 2.35. The average Bonchev–Trinajstić information content (AvgIpc) is 3.40. The molecule has 10 nitrogen and oxygen atoms in total. The number of fused-ring (bicyclic) bond motifs is 2. The number of anilines is 2. The van der Waals surface area contributed by atoms with Gasteiger partial charge in [0, 0.05) is 31.1 Å². The number of aromatic nitrogens is 4. The standard InChI is InChI=1S/C24H28N6O4/c1-24(2,31)34-18-11-21(30-9-8-16-22(25)27-13-28-23(16)30)33-19(18)12-32-15-6-4-14-5-7-20(26-3)29-17(14)10-15/h4-10,13,18-19,21,31H,11-12H2,1-3H3,(H,26,29)(H2,25,27,28)/t18-,19+,21+/m0/s1. The number of pyridine rings is 1. The number of rotatable bonds is 7. The summed E-state index contributed by atoms with van der Waals surface area (Å²) in [6, 6.07) is 11.6. The Morgan fingerprint density at radius 2 is 2.06 bits per heavy atom. The van der Waals surface area contributed by atoms with Gasteiger partial charge in [-0.2, -0.15) is 0 Å². The molecule has 4 heterocycles. The average molecular weight is 465 g/mol. The van der Waals surface area contributed by atoms with Gasteiger partial charge in [-0.3, -0.25) is 0 Å². The van der Waals surface area contributed by atoms with E-state index in [1.807, 2.05) is 54.2 Å². The Morgan fingerprint density at radius 1 is 1.24 bits per heavy atom. The van der Waals surface area contributed by atoms with Crippen LogP contribution in [0.2, 0.25) is 0 Å². The molecule has 178 valence electrons. The Hall–Kier alpha value is -3.47. The number of nitrogens with two attached hydrogens (primary N) is 1. The molecule has 4 aromatic rings. The predicted molar refractivity (Wildman–Crippen MR) is 128 cm³/mol. The molecule has 0 amide bonds. The lowest BCUT2D eigenvalue weighted by Crippen LogP contribution is -2.37. The van der Waals surface area contributed by atoms with Crippen LogP contribution in [-0.2, 0) is 9.47 Å². The Kier molecular flexibility index (Phi) is 5.72. The summed E-state index contributed by atoms with van der Waals surface area (Å²) < 4.78 is 20.3. The van der Waals surface area contributed by atoms with Gasteiger partial charge in [0.2, 0.25) is 0 Å². The first-order valence-corrected chi connectivity index (χ1v) is 11.1. The zero-order valence-corrected chi connectivity index (χ0v) is 19.3. The molecule has 1 saturated heterocycles. The monoisotopic (exact) mass is 464 g/mol. The second-order valence-corrected chi connectivity index (χ2v) is 8.80.